The lowest BCUT2D eigenvalue weighted by atomic mass is 10.1. The summed E-state index contributed by atoms with van der Waals surface area (Å²) in [6.07, 6.45) is 0.869. The van der Waals surface area contributed by atoms with Crippen molar-refractivity contribution in [2.24, 2.45) is 4.99 Å². The maximum absolute atomic E-state index is 6.00. The summed E-state index contributed by atoms with van der Waals surface area (Å²) in [7, 11) is 5.87. The first-order valence-electron chi connectivity index (χ1n) is 11.0. The van der Waals surface area contributed by atoms with Gasteiger partial charge in [-0.2, -0.15) is 0 Å². The lowest BCUT2D eigenvalue weighted by Crippen LogP contribution is -2.36. The molecule has 32 heavy (non-hydrogen) atoms. The number of methoxy groups -OCH3 is 1. The topological polar surface area (TPSA) is 58.1 Å². The third-order valence-electron chi connectivity index (χ3n) is 4.67. The van der Waals surface area contributed by atoms with E-state index < -0.39 is 0 Å². The van der Waals surface area contributed by atoms with Gasteiger partial charge in [-0.1, -0.05) is 36.4 Å². The minimum absolute atomic E-state index is 0. The van der Waals surface area contributed by atoms with Crippen molar-refractivity contribution in [3.05, 3.63) is 64.7 Å². The highest BCUT2D eigenvalue weighted by Gasteiger charge is 2.06. The summed E-state index contributed by atoms with van der Waals surface area (Å²) in [5, 5.41) is 6.78. The van der Waals surface area contributed by atoms with Crippen molar-refractivity contribution >= 4 is 29.9 Å². The second kappa shape index (κ2) is 15.9. The molecule has 0 spiro atoms. The van der Waals surface area contributed by atoms with Crippen LogP contribution in [0.15, 0.2) is 47.5 Å². The molecule has 0 atom stereocenters. The Kier molecular flexibility index (Phi) is 14.0. The molecule has 0 saturated carbocycles. The highest BCUT2D eigenvalue weighted by atomic mass is 127. The molecular weight excluding hydrogens is 515 g/mol. The van der Waals surface area contributed by atoms with E-state index in [-0.39, 0.29) is 24.0 Å². The third-order valence-corrected chi connectivity index (χ3v) is 4.67. The molecule has 0 aromatic heterocycles. The Balaban J connectivity index is 0.00000512. The van der Waals surface area contributed by atoms with Crippen molar-refractivity contribution in [2.75, 3.05) is 41.0 Å². The first-order valence-corrected chi connectivity index (χ1v) is 11.0. The van der Waals surface area contributed by atoms with Gasteiger partial charge in [0.2, 0.25) is 0 Å². The molecular formula is C25H39IN4O2. The summed E-state index contributed by atoms with van der Waals surface area (Å²) in [6, 6.07) is 14.9. The van der Waals surface area contributed by atoms with Gasteiger partial charge < -0.3 is 25.0 Å². The Morgan fingerprint density at radius 2 is 1.81 bits per heavy atom. The lowest BCUT2D eigenvalue weighted by molar-refractivity contribution is 0.171. The van der Waals surface area contributed by atoms with Crippen LogP contribution in [-0.4, -0.2) is 51.8 Å². The molecule has 0 bridgehead atoms. The summed E-state index contributed by atoms with van der Waals surface area (Å²) in [6.45, 7) is 8.50. The van der Waals surface area contributed by atoms with Crippen LogP contribution in [0.3, 0.4) is 0 Å². The minimum atomic E-state index is 0. The smallest absolute Gasteiger partial charge is 0.191 e. The Morgan fingerprint density at radius 1 is 1.03 bits per heavy atom. The number of hydrogen-bond acceptors (Lipinski definition) is 4. The van der Waals surface area contributed by atoms with Gasteiger partial charge in [0.05, 0.1) is 13.2 Å². The zero-order valence-corrected chi connectivity index (χ0v) is 22.4. The molecule has 0 aliphatic carbocycles. The van der Waals surface area contributed by atoms with E-state index in [0.29, 0.717) is 26.3 Å². The van der Waals surface area contributed by atoms with Gasteiger partial charge in [0.15, 0.2) is 5.96 Å². The largest absolute Gasteiger partial charge is 0.493 e. The molecule has 0 heterocycles. The van der Waals surface area contributed by atoms with Crippen molar-refractivity contribution < 1.29 is 9.47 Å². The zero-order chi connectivity index (χ0) is 22.5. The van der Waals surface area contributed by atoms with E-state index in [1.54, 1.807) is 7.11 Å². The standard InChI is InChI=1S/C25H38N4O2.HI/c1-6-26-25(27-17-21-9-7-10-22(16-21)19-29(3)4)28-18-23-12-11-20(2)15-24(23)31-14-8-13-30-5;/h7,9-12,15-16H,6,8,13-14,17-19H2,1-5H3,(H2,26,27,28);1H. The van der Waals surface area contributed by atoms with Gasteiger partial charge in [-0.3, -0.25) is 0 Å². The van der Waals surface area contributed by atoms with Crippen molar-refractivity contribution in [1.29, 1.82) is 0 Å². The van der Waals surface area contributed by atoms with Crippen LogP contribution < -0.4 is 15.4 Å². The molecule has 6 nitrogen and oxygen atoms in total. The Morgan fingerprint density at radius 3 is 2.53 bits per heavy atom. The molecule has 0 aliphatic heterocycles. The van der Waals surface area contributed by atoms with Crippen molar-refractivity contribution in [3.8, 4) is 5.75 Å². The SMILES string of the molecule is CCNC(=NCc1cccc(CN(C)C)c1)NCc1ccc(C)cc1OCCCOC.I. The summed E-state index contributed by atoms with van der Waals surface area (Å²) in [5.74, 6) is 1.71. The molecule has 0 amide bonds. The molecule has 0 radical (unpaired) electrons. The van der Waals surface area contributed by atoms with Crippen LogP contribution >= 0.6 is 24.0 Å². The molecule has 2 N–H and O–H groups in total. The molecule has 2 rings (SSSR count). The summed E-state index contributed by atoms with van der Waals surface area (Å²) < 4.78 is 11.1. The normalized spacial score (nSPS) is 11.2. The highest BCUT2D eigenvalue weighted by molar-refractivity contribution is 14.0. The van der Waals surface area contributed by atoms with Gasteiger partial charge >= 0.3 is 0 Å². The third kappa shape index (κ3) is 10.7. The summed E-state index contributed by atoms with van der Waals surface area (Å²) >= 11 is 0. The fourth-order valence-corrected chi connectivity index (χ4v) is 3.21. The molecule has 0 aliphatic rings. The fourth-order valence-electron chi connectivity index (χ4n) is 3.21. The van der Waals surface area contributed by atoms with E-state index in [0.717, 1.165) is 36.8 Å². The van der Waals surface area contributed by atoms with Crippen LogP contribution in [0.5, 0.6) is 5.75 Å². The quantitative estimate of drug-likeness (QED) is 0.177. The second-order valence-corrected chi connectivity index (χ2v) is 7.91. The van der Waals surface area contributed by atoms with E-state index in [1.807, 2.05) is 0 Å². The number of guanidine groups is 1. The molecule has 0 saturated heterocycles. The van der Waals surface area contributed by atoms with Crippen LogP contribution in [0.2, 0.25) is 0 Å². The molecule has 2 aromatic carbocycles. The number of hydrogen-bond donors (Lipinski definition) is 2. The second-order valence-electron chi connectivity index (χ2n) is 7.91. The zero-order valence-electron chi connectivity index (χ0n) is 20.1. The maximum atomic E-state index is 6.00. The minimum Gasteiger partial charge on any atom is -0.493 e. The lowest BCUT2D eigenvalue weighted by Gasteiger charge is -2.15. The molecule has 0 unspecified atom stereocenters. The average molecular weight is 555 g/mol. The van der Waals surface area contributed by atoms with E-state index in [4.69, 9.17) is 14.5 Å². The molecule has 7 heteroatoms. The molecule has 2 aromatic rings. The number of aryl methyl sites for hydroxylation is 1. The predicted octanol–water partition coefficient (Wildman–Crippen LogP) is 4.35. The van der Waals surface area contributed by atoms with Gasteiger partial charge in [0.25, 0.3) is 0 Å². The van der Waals surface area contributed by atoms with Crippen LogP contribution in [0.4, 0.5) is 0 Å². The number of rotatable bonds is 12. The summed E-state index contributed by atoms with van der Waals surface area (Å²) in [5.41, 5.74) is 4.80. The van der Waals surface area contributed by atoms with Crippen molar-refractivity contribution in [3.63, 3.8) is 0 Å². The fraction of sp³-hybridized carbons (Fsp3) is 0.480. The van der Waals surface area contributed by atoms with Crippen LogP contribution in [-0.2, 0) is 24.4 Å². The van der Waals surface area contributed by atoms with E-state index in [1.165, 1.54) is 16.7 Å². The van der Waals surface area contributed by atoms with Gasteiger partial charge in [0.1, 0.15) is 5.75 Å². The monoisotopic (exact) mass is 554 g/mol. The van der Waals surface area contributed by atoms with Gasteiger partial charge in [-0.15, -0.1) is 24.0 Å². The maximum Gasteiger partial charge on any atom is 0.191 e. The van der Waals surface area contributed by atoms with E-state index >= 15 is 0 Å². The predicted molar refractivity (Wildman–Crippen MR) is 144 cm³/mol. The number of ether oxygens (including phenoxy) is 2. The Bertz CT molecular complexity index is 827. The number of nitrogens with one attached hydrogen (secondary N) is 2. The van der Waals surface area contributed by atoms with E-state index in [2.05, 4.69) is 85.9 Å². The first kappa shape index (κ1) is 28.2. The van der Waals surface area contributed by atoms with Crippen molar-refractivity contribution in [2.45, 2.75) is 39.9 Å². The molecule has 0 fully saturated rings. The average Bonchev–Trinajstić information content (AvgIpc) is 2.74. The van der Waals surface area contributed by atoms with Gasteiger partial charge in [-0.05, 0) is 50.7 Å². The Hall–Kier alpha value is -1.84. The van der Waals surface area contributed by atoms with Crippen LogP contribution in [0.1, 0.15) is 35.6 Å². The van der Waals surface area contributed by atoms with Gasteiger partial charge in [0, 0.05) is 45.3 Å². The number of aliphatic imine (C=N–C) groups is 1. The molecule has 178 valence electrons. The highest BCUT2D eigenvalue weighted by Crippen LogP contribution is 2.20. The van der Waals surface area contributed by atoms with Crippen LogP contribution in [0, 0.1) is 6.92 Å². The van der Waals surface area contributed by atoms with Crippen molar-refractivity contribution in [1.82, 2.24) is 15.5 Å². The van der Waals surface area contributed by atoms with Crippen LogP contribution in [0.25, 0.3) is 0 Å². The number of benzene rings is 2. The Labute approximate surface area is 210 Å². The summed E-state index contributed by atoms with van der Waals surface area (Å²) in [4.78, 5) is 6.95. The first-order chi connectivity index (χ1) is 15.0. The number of halogens is 1. The number of nitrogens with zero attached hydrogens (tertiary/aromatic N) is 2. The van der Waals surface area contributed by atoms with Gasteiger partial charge in [-0.25, -0.2) is 4.99 Å². The van der Waals surface area contributed by atoms with E-state index in [9.17, 15) is 0 Å².